The monoisotopic (exact) mass is 224 g/mol. The zero-order valence-corrected chi connectivity index (χ0v) is 10.1. The van der Waals surface area contributed by atoms with Crippen LogP contribution in [0.2, 0.25) is 0 Å². The molecule has 3 N–H and O–H groups in total. The van der Waals surface area contributed by atoms with Crippen molar-refractivity contribution in [3.05, 3.63) is 59.2 Å². The number of hydrogen-bond acceptors (Lipinski definition) is 1. The van der Waals surface area contributed by atoms with Crippen LogP contribution in [-0.4, -0.2) is 5.84 Å². The standard InChI is InChI=1S/C15H16N2/c1-10-6-7-13(8-11(10)2)12-4-3-5-14(9-12)15(16)17/h3-9H,1-2H3,(H3,16,17). The van der Waals surface area contributed by atoms with E-state index < -0.39 is 0 Å². The van der Waals surface area contributed by atoms with E-state index in [4.69, 9.17) is 11.1 Å². The van der Waals surface area contributed by atoms with E-state index in [9.17, 15) is 0 Å². The molecule has 2 aromatic rings. The van der Waals surface area contributed by atoms with Crippen LogP contribution in [0.5, 0.6) is 0 Å². The second-order valence-electron chi connectivity index (χ2n) is 4.29. The van der Waals surface area contributed by atoms with Gasteiger partial charge >= 0.3 is 0 Å². The fourth-order valence-corrected chi connectivity index (χ4v) is 1.79. The maximum atomic E-state index is 7.45. The summed E-state index contributed by atoms with van der Waals surface area (Å²) < 4.78 is 0. The number of rotatable bonds is 2. The molecule has 86 valence electrons. The van der Waals surface area contributed by atoms with Gasteiger partial charge in [0.2, 0.25) is 0 Å². The first-order valence-corrected chi connectivity index (χ1v) is 5.60. The van der Waals surface area contributed by atoms with E-state index in [-0.39, 0.29) is 5.84 Å². The maximum Gasteiger partial charge on any atom is 0.122 e. The van der Waals surface area contributed by atoms with E-state index in [0.29, 0.717) is 0 Å². The number of aryl methyl sites for hydroxylation is 2. The Morgan fingerprint density at radius 2 is 1.65 bits per heavy atom. The summed E-state index contributed by atoms with van der Waals surface area (Å²) >= 11 is 0. The van der Waals surface area contributed by atoms with E-state index in [1.807, 2.05) is 24.3 Å². The Bertz CT molecular complexity index is 571. The molecule has 0 aliphatic carbocycles. The molecule has 2 rings (SSSR count). The minimum atomic E-state index is 0.107. The van der Waals surface area contributed by atoms with Crippen molar-refractivity contribution in [3.63, 3.8) is 0 Å². The summed E-state index contributed by atoms with van der Waals surface area (Å²) in [5, 5.41) is 7.45. The number of nitrogen functional groups attached to an aromatic ring is 1. The Morgan fingerprint density at radius 3 is 2.29 bits per heavy atom. The van der Waals surface area contributed by atoms with E-state index >= 15 is 0 Å². The third-order valence-electron chi connectivity index (χ3n) is 3.01. The molecule has 17 heavy (non-hydrogen) atoms. The molecule has 0 saturated heterocycles. The first-order chi connectivity index (χ1) is 8.08. The van der Waals surface area contributed by atoms with Crippen molar-refractivity contribution in [2.24, 2.45) is 5.73 Å². The second-order valence-corrected chi connectivity index (χ2v) is 4.29. The largest absolute Gasteiger partial charge is 0.384 e. The smallest absolute Gasteiger partial charge is 0.122 e. The summed E-state index contributed by atoms with van der Waals surface area (Å²) in [6.45, 7) is 4.21. The van der Waals surface area contributed by atoms with Crippen LogP contribution < -0.4 is 5.73 Å². The van der Waals surface area contributed by atoms with Crippen LogP contribution in [0.3, 0.4) is 0 Å². The molecule has 0 aliphatic heterocycles. The number of amidine groups is 1. The van der Waals surface area contributed by atoms with Gasteiger partial charge in [-0.1, -0.05) is 36.4 Å². The van der Waals surface area contributed by atoms with E-state index in [1.54, 1.807) is 0 Å². The normalized spacial score (nSPS) is 10.2. The summed E-state index contributed by atoms with van der Waals surface area (Å²) in [4.78, 5) is 0. The van der Waals surface area contributed by atoms with Crippen LogP contribution in [0.25, 0.3) is 11.1 Å². The predicted molar refractivity (Wildman–Crippen MR) is 72.4 cm³/mol. The third-order valence-corrected chi connectivity index (χ3v) is 3.01. The van der Waals surface area contributed by atoms with Crippen molar-refractivity contribution in [2.45, 2.75) is 13.8 Å². The lowest BCUT2D eigenvalue weighted by Crippen LogP contribution is -2.10. The van der Waals surface area contributed by atoms with E-state index in [1.165, 1.54) is 11.1 Å². The molecule has 0 fully saturated rings. The summed E-state index contributed by atoms with van der Waals surface area (Å²) in [7, 11) is 0. The highest BCUT2D eigenvalue weighted by atomic mass is 14.7. The predicted octanol–water partition coefficient (Wildman–Crippen LogP) is 3.25. The number of nitrogens with two attached hydrogens (primary N) is 1. The van der Waals surface area contributed by atoms with Gasteiger partial charge in [0.05, 0.1) is 0 Å². The highest BCUT2D eigenvalue weighted by molar-refractivity contribution is 5.96. The lowest BCUT2D eigenvalue weighted by Gasteiger charge is -2.07. The molecule has 0 heterocycles. The minimum absolute atomic E-state index is 0.107. The van der Waals surface area contributed by atoms with Crippen molar-refractivity contribution in [1.82, 2.24) is 0 Å². The zero-order chi connectivity index (χ0) is 12.4. The molecule has 0 spiro atoms. The van der Waals surface area contributed by atoms with Crippen LogP contribution >= 0.6 is 0 Å². The summed E-state index contributed by atoms with van der Waals surface area (Å²) in [6.07, 6.45) is 0. The van der Waals surface area contributed by atoms with Crippen molar-refractivity contribution < 1.29 is 0 Å². The van der Waals surface area contributed by atoms with Gasteiger partial charge < -0.3 is 5.73 Å². The molecule has 0 unspecified atom stereocenters. The molecular weight excluding hydrogens is 208 g/mol. The van der Waals surface area contributed by atoms with Crippen molar-refractivity contribution in [1.29, 1.82) is 5.41 Å². The fourth-order valence-electron chi connectivity index (χ4n) is 1.79. The summed E-state index contributed by atoms with van der Waals surface area (Å²) in [6, 6.07) is 14.2. The van der Waals surface area contributed by atoms with Gasteiger partial charge in [0.1, 0.15) is 5.84 Å². The average Bonchev–Trinajstić information content (AvgIpc) is 2.33. The van der Waals surface area contributed by atoms with Crippen LogP contribution in [0.4, 0.5) is 0 Å². The lowest BCUT2D eigenvalue weighted by molar-refractivity contribution is 1.34. The van der Waals surface area contributed by atoms with E-state index in [2.05, 4.69) is 32.0 Å². The highest BCUT2D eigenvalue weighted by Crippen LogP contribution is 2.22. The Balaban J connectivity index is 2.49. The fraction of sp³-hybridized carbons (Fsp3) is 0.133. The molecule has 2 heteroatoms. The van der Waals surface area contributed by atoms with Gasteiger partial charge in [-0.15, -0.1) is 0 Å². The Labute approximate surface area is 102 Å². The Kier molecular flexibility index (Phi) is 2.96. The molecule has 2 nitrogen and oxygen atoms in total. The Hall–Kier alpha value is -2.09. The van der Waals surface area contributed by atoms with Crippen molar-refractivity contribution in [3.8, 4) is 11.1 Å². The van der Waals surface area contributed by atoms with Gasteiger partial charge in [-0.25, -0.2) is 0 Å². The number of benzene rings is 2. The maximum absolute atomic E-state index is 7.45. The summed E-state index contributed by atoms with van der Waals surface area (Å²) in [5.41, 5.74) is 11.1. The van der Waals surface area contributed by atoms with Gasteiger partial charge in [-0.3, -0.25) is 5.41 Å². The molecule has 0 aliphatic rings. The molecule has 0 saturated carbocycles. The lowest BCUT2D eigenvalue weighted by atomic mass is 9.99. The minimum Gasteiger partial charge on any atom is -0.384 e. The molecule has 0 bridgehead atoms. The number of hydrogen-bond donors (Lipinski definition) is 2. The molecular formula is C15H16N2. The van der Waals surface area contributed by atoms with Gasteiger partial charge in [0.15, 0.2) is 0 Å². The molecule has 2 aromatic carbocycles. The van der Waals surface area contributed by atoms with Crippen LogP contribution in [0.15, 0.2) is 42.5 Å². The SMILES string of the molecule is Cc1ccc(-c2cccc(C(=N)N)c2)cc1C. The van der Waals surface area contributed by atoms with Crippen LogP contribution in [-0.2, 0) is 0 Å². The second kappa shape index (κ2) is 4.42. The quantitative estimate of drug-likeness (QED) is 0.597. The highest BCUT2D eigenvalue weighted by Gasteiger charge is 2.02. The molecule has 0 atom stereocenters. The van der Waals surface area contributed by atoms with Gasteiger partial charge in [-0.05, 0) is 42.2 Å². The third kappa shape index (κ3) is 2.36. The van der Waals surface area contributed by atoms with Gasteiger partial charge in [-0.2, -0.15) is 0 Å². The average molecular weight is 224 g/mol. The van der Waals surface area contributed by atoms with Gasteiger partial charge in [0, 0.05) is 5.56 Å². The van der Waals surface area contributed by atoms with E-state index in [0.717, 1.165) is 16.7 Å². The van der Waals surface area contributed by atoms with Crippen LogP contribution in [0.1, 0.15) is 16.7 Å². The number of nitrogens with one attached hydrogen (secondary N) is 1. The van der Waals surface area contributed by atoms with Crippen molar-refractivity contribution in [2.75, 3.05) is 0 Å². The van der Waals surface area contributed by atoms with Gasteiger partial charge in [0.25, 0.3) is 0 Å². The van der Waals surface area contributed by atoms with Crippen LogP contribution in [0, 0.1) is 19.3 Å². The molecule has 0 amide bonds. The van der Waals surface area contributed by atoms with Crippen molar-refractivity contribution >= 4 is 5.84 Å². The topological polar surface area (TPSA) is 49.9 Å². The first kappa shape index (κ1) is 11.4. The molecule has 0 radical (unpaired) electrons. The molecule has 0 aromatic heterocycles. The Morgan fingerprint density at radius 1 is 0.941 bits per heavy atom. The summed E-state index contributed by atoms with van der Waals surface area (Å²) in [5.74, 6) is 0.107. The first-order valence-electron chi connectivity index (χ1n) is 5.60. The zero-order valence-electron chi connectivity index (χ0n) is 10.1.